The van der Waals surface area contributed by atoms with E-state index in [2.05, 4.69) is 0 Å². The summed E-state index contributed by atoms with van der Waals surface area (Å²) in [6.45, 7) is 0.297. The molecule has 0 aromatic heterocycles. The van der Waals surface area contributed by atoms with E-state index >= 15 is 0 Å². The summed E-state index contributed by atoms with van der Waals surface area (Å²) in [5.41, 5.74) is 1.12. The molecule has 2 N–H and O–H groups in total. The molecule has 0 atom stereocenters. The fourth-order valence-electron chi connectivity index (χ4n) is 1.61. The lowest BCUT2D eigenvalue weighted by molar-refractivity contribution is 0.306. The Morgan fingerprint density at radius 2 is 1.68 bits per heavy atom. The van der Waals surface area contributed by atoms with Crippen molar-refractivity contribution in [2.75, 3.05) is 0 Å². The van der Waals surface area contributed by atoms with Gasteiger partial charge < -0.3 is 14.8 Å². The number of rotatable bonds is 4. The van der Waals surface area contributed by atoms with Gasteiger partial charge in [0.2, 0.25) is 0 Å². The second-order valence-corrected chi connectivity index (χ2v) is 4.71. The highest BCUT2D eigenvalue weighted by molar-refractivity contribution is 6.63. The SMILES string of the molecule is OB(O)c1ccc(Cl)c(OCc2ccccc2)c1Cl. The Bertz CT molecular complexity index is 561. The lowest BCUT2D eigenvalue weighted by Crippen LogP contribution is -2.31. The molecule has 0 bridgehead atoms. The third-order valence-electron chi connectivity index (χ3n) is 2.58. The molecule has 98 valence electrons. The normalized spacial score (nSPS) is 10.3. The zero-order valence-corrected chi connectivity index (χ0v) is 11.4. The Morgan fingerprint density at radius 3 is 2.32 bits per heavy atom. The Hall–Kier alpha value is -1.20. The van der Waals surface area contributed by atoms with Crippen LogP contribution >= 0.6 is 23.2 Å². The van der Waals surface area contributed by atoms with Crippen molar-refractivity contribution >= 4 is 35.8 Å². The Labute approximate surface area is 121 Å². The van der Waals surface area contributed by atoms with E-state index in [4.69, 9.17) is 27.9 Å². The van der Waals surface area contributed by atoms with Crippen LogP contribution in [-0.2, 0) is 6.61 Å². The number of ether oxygens (including phenoxy) is 1. The van der Waals surface area contributed by atoms with Gasteiger partial charge in [-0.15, -0.1) is 0 Å². The molecule has 2 rings (SSSR count). The molecule has 3 nitrogen and oxygen atoms in total. The highest BCUT2D eigenvalue weighted by Gasteiger charge is 2.20. The molecule has 0 saturated heterocycles. The van der Waals surface area contributed by atoms with E-state index in [0.717, 1.165) is 5.56 Å². The van der Waals surface area contributed by atoms with Gasteiger partial charge in [-0.3, -0.25) is 0 Å². The summed E-state index contributed by atoms with van der Waals surface area (Å²) in [5.74, 6) is 0.248. The van der Waals surface area contributed by atoms with Crippen LogP contribution in [0.1, 0.15) is 5.56 Å². The summed E-state index contributed by atoms with van der Waals surface area (Å²) in [4.78, 5) is 0. The van der Waals surface area contributed by atoms with Gasteiger partial charge in [0.25, 0.3) is 0 Å². The van der Waals surface area contributed by atoms with Crippen molar-refractivity contribution in [2.45, 2.75) is 6.61 Å². The van der Waals surface area contributed by atoms with Gasteiger partial charge in [-0.2, -0.15) is 0 Å². The van der Waals surface area contributed by atoms with Crippen LogP contribution in [0.3, 0.4) is 0 Å². The molecular formula is C13H11BCl2O3. The average molecular weight is 297 g/mol. The van der Waals surface area contributed by atoms with Gasteiger partial charge in [0.05, 0.1) is 10.0 Å². The molecule has 0 saturated carbocycles. The highest BCUT2D eigenvalue weighted by atomic mass is 35.5. The second kappa shape index (κ2) is 6.30. The summed E-state index contributed by atoms with van der Waals surface area (Å²) in [5, 5.41) is 18.8. The van der Waals surface area contributed by atoms with Crippen LogP contribution in [0.15, 0.2) is 42.5 Å². The van der Waals surface area contributed by atoms with Crippen LogP contribution in [0.25, 0.3) is 0 Å². The lowest BCUT2D eigenvalue weighted by atomic mass is 9.80. The van der Waals surface area contributed by atoms with Crippen molar-refractivity contribution in [1.29, 1.82) is 0 Å². The molecular weight excluding hydrogens is 286 g/mol. The first-order valence-corrected chi connectivity index (χ1v) is 6.36. The molecule has 0 aliphatic rings. The van der Waals surface area contributed by atoms with Crippen LogP contribution in [0.5, 0.6) is 5.75 Å². The van der Waals surface area contributed by atoms with E-state index in [-0.39, 0.29) is 16.2 Å². The van der Waals surface area contributed by atoms with Gasteiger partial charge in [0.15, 0.2) is 5.75 Å². The summed E-state index contributed by atoms with van der Waals surface area (Å²) in [7, 11) is -1.66. The summed E-state index contributed by atoms with van der Waals surface area (Å²) in [6, 6.07) is 12.5. The maximum Gasteiger partial charge on any atom is 0.490 e. The fourth-order valence-corrected chi connectivity index (χ4v) is 2.19. The van der Waals surface area contributed by atoms with Gasteiger partial charge in [-0.25, -0.2) is 0 Å². The Kier molecular flexibility index (Phi) is 4.72. The van der Waals surface area contributed by atoms with Crippen molar-refractivity contribution in [3.05, 3.63) is 58.1 Å². The van der Waals surface area contributed by atoms with E-state index in [1.54, 1.807) is 0 Å². The third-order valence-corrected chi connectivity index (χ3v) is 3.27. The summed E-state index contributed by atoms with van der Waals surface area (Å²) >= 11 is 12.0. The smallest absolute Gasteiger partial charge is 0.486 e. The third kappa shape index (κ3) is 3.42. The van der Waals surface area contributed by atoms with Gasteiger partial charge in [0, 0.05) is 5.46 Å². The van der Waals surface area contributed by atoms with Crippen molar-refractivity contribution in [1.82, 2.24) is 0 Å². The predicted molar refractivity (Wildman–Crippen MR) is 77.1 cm³/mol. The quantitative estimate of drug-likeness (QED) is 0.851. The molecule has 0 radical (unpaired) electrons. The van der Waals surface area contributed by atoms with Crippen molar-refractivity contribution in [2.24, 2.45) is 0 Å². The van der Waals surface area contributed by atoms with E-state index in [9.17, 15) is 10.0 Å². The maximum atomic E-state index is 9.18. The van der Waals surface area contributed by atoms with Crippen LogP contribution in [0.4, 0.5) is 0 Å². The first-order valence-electron chi connectivity index (χ1n) is 5.60. The standard InChI is InChI=1S/C13H11BCl2O3/c15-11-7-6-10(14(17)18)12(16)13(11)19-8-9-4-2-1-3-5-9/h1-7,17-18H,8H2. The van der Waals surface area contributed by atoms with Crippen LogP contribution in [0.2, 0.25) is 10.0 Å². The lowest BCUT2D eigenvalue weighted by Gasteiger charge is -2.12. The molecule has 6 heteroatoms. The minimum atomic E-state index is -1.66. The van der Waals surface area contributed by atoms with E-state index in [0.29, 0.717) is 11.6 Å². The molecule has 19 heavy (non-hydrogen) atoms. The summed E-state index contributed by atoms with van der Waals surface area (Å²) in [6.07, 6.45) is 0. The van der Waals surface area contributed by atoms with E-state index < -0.39 is 7.12 Å². The van der Waals surface area contributed by atoms with Gasteiger partial charge in [0.1, 0.15) is 6.61 Å². The Balaban J connectivity index is 2.22. The topological polar surface area (TPSA) is 49.7 Å². The fraction of sp³-hybridized carbons (Fsp3) is 0.0769. The van der Waals surface area contributed by atoms with Crippen molar-refractivity contribution < 1.29 is 14.8 Å². The van der Waals surface area contributed by atoms with Crippen molar-refractivity contribution in [3.63, 3.8) is 0 Å². The Morgan fingerprint density at radius 1 is 1.00 bits per heavy atom. The first-order chi connectivity index (χ1) is 9.09. The van der Waals surface area contributed by atoms with Crippen LogP contribution < -0.4 is 10.2 Å². The monoisotopic (exact) mass is 296 g/mol. The maximum absolute atomic E-state index is 9.18. The molecule has 0 spiro atoms. The predicted octanol–water partition coefficient (Wildman–Crippen LogP) is 2.25. The highest BCUT2D eigenvalue weighted by Crippen LogP contribution is 2.32. The number of hydrogen-bond donors (Lipinski definition) is 2. The van der Waals surface area contributed by atoms with Crippen LogP contribution in [-0.4, -0.2) is 17.2 Å². The molecule has 0 unspecified atom stereocenters. The van der Waals surface area contributed by atoms with Crippen molar-refractivity contribution in [3.8, 4) is 5.75 Å². The average Bonchev–Trinajstić information content (AvgIpc) is 2.39. The molecule has 2 aromatic carbocycles. The largest absolute Gasteiger partial charge is 0.490 e. The number of benzene rings is 2. The minimum Gasteiger partial charge on any atom is -0.486 e. The zero-order chi connectivity index (χ0) is 13.8. The van der Waals surface area contributed by atoms with Gasteiger partial charge >= 0.3 is 7.12 Å². The molecule has 0 fully saturated rings. The van der Waals surface area contributed by atoms with Crippen LogP contribution in [0, 0.1) is 0 Å². The second-order valence-electron chi connectivity index (χ2n) is 3.93. The minimum absolute atomic E-state index is 0.110. The molecule has 0 aliphatic carbocycles. The summed E-state index contributed by atoms with van der Waals surface area (Å²) < 4.78 is 5.56. The molecule has 2 aromatic rings. The van der Waals surface area contributed by atoms with E-state index in [1.165, 1.54) is 12.1 Å². The molecule has 0 heterocycles. The zero-order valence-electron chi connectivity index (χ0n) is 9.88. The number of hydrogen-bond acceptors (Lipinski definition) is 3. The van der Waals surface area contributed by atoms with Gasteiger partial charge in [-0.1, -0.05) is 59.6 Å². The van der Waals surface area contributed by atoms with E-state index in [1.807, 2.05) is 30.3 Å². The molecule has 0 amide bonds. The molecule has 0 aliphatic heterocycles. The first kappa shape index (κ1) is 14.2. The van der Waals surface area contributed by atoms with Gasteiger partial charge in [-0.05, 0) is 11.6 Å². The number of halogens is 2.